The first-order valence-electron chi connectivity index (χ1n) is 4.29. The molecule has 0 rings (SSSR count). The van der Waals surface area contributed by atoms with Crippen LogP contribution in [0.2, 0.25) is 5.32 Å². The molecule has 0 aromatic heterocycles. The van der Waals surface area contributed by atoms with E-state index in [9.17, 15) is 0 Å². The van der Waals surface area contributed by atoms with Crippen molar-refractivity contribution in [2.75, 3.05) is 0 Å². The summed E-state index contributed by atoms with van der Waals surface area (Å²) in [7, 11) is 0. The molecule has 66 valence electrons. The van der Waals surface area contributed by atoms with Crippen LogP contribution in [0, 0.1) is 0 Å². The molecule has 0 atom stereocenters. The van der Waals surface area contributed by atoms with E-state index in [1.165, 1.54) is 31.0 Å². The van der Waals surface area contributed by atoms with Gasteiger partial charge in [-0.05, 0) is 0 Å². The van der Waals surface area contributed by atoms with E-state index < -0.39 is 0 Å². The van der Waals surface area contributed by atoms with Crippen LogP contribution in [0.25, 0.3) is 0 Å². The summed E-state index contributed by atoms with van der Waals surface area (Å²) in [4.78, 5) is 0. The van der Waals surface area contributed by atoms with Crippen LogP contribution in [0.4, 0.5) is 0 Å². The van der Waals surface area contributed by atoms with Gasteiger partial charge >= 0.3 is 81.4 Å². The van der Waals surface area contributed by atoms with Gasteiger partial charge in [-0.2, -0.15) is 0 Å². The van der Waals surface area contributed by atoms with Gasteiger partial charge in [-0.1, -0.05) is 0 Å². The van der Waals surface area contributed by atoms with Gasteiger partial charge in [-0.3, -0.25) is 0 Å². The van der Waals surface area contributed by atoms with Gasteiger partial charge in [0.1, 0.15) is 0 Å². The Hall–Kier alpha value is 0.549. The zero-order chi connectivity index (χ0) is 8.53. The van der Waals surface area contributed by atoms with Crippen LogP contribution in [0.3, 0.4) is 0 Å². The second-order valence-electron chi connectivity index (χ2n) is 2.44. The fraction of sp³-hybridized carbons (Fsp3) is 0.778. The second-order valence-corrected chi connectivity index (χ2v) is 6.09. The second kappa shape index (κ2) is 8.64. The molecule has 0 radical (unpaired) electrons. The summed E-state index contributed by atoms with van der Waals surface area (Å²) in [5.41, 5.74) is 0. The summed E-state index contributed by atoms with van der Waals surface area (Å²) < 4.78 is 1.11. The minimum absolute atomic E-state index is 0.549. The number of unbranched alkanes of at least 4 members (excludes halogenated alkanes) is 3. The molecule has 0 N–H and O–H groups in total. The first-order chi connectivity index (χ1) is 5.31. The number of halogens is 1. The molecule has 11 heavy (non-hydrogen) atoms. The van der Waals surface area contributed by atoms with Gasteiger partial charge in [-0.25, -0.2) is 0 Å². The van der Waals surface area contributed by atoms with E-state index in [1.807, 2.05) is 0 Å². The maximum atomic E-state index is 5.95. The van der Waals surface area contributed by atoms with Crippen molar-refractivity contribution in [3.8, 4) is 0 Å². The summed E-state index contributed by atoms with van der Waals surface area (Å²) in [6, 6.07) is 0. The molecule has 0 aliphatic heterocycles. The third kappa shape index (κ3) is 8.46. The Labute approximate surface area is 81.6 Å². The summed E-state index contributed by atoms with van der Waals surface area (Å²) in [6.07, 6.45) is 7.30. The van der Waals surface area contributed by atoms with E-state index in [4.69, 9.17) is 11.6 Å². The van der Waals surface area contributed by atoms with Gasteiger partial charge < -0.3 is 0 Å². The normalized spacial score (nSPS) is 12.1. The van der Waals surface area contributed by atoms with Gasteiger partial charge in [0.25, 0.3) is 0 Å². The Kier molecular flexibility index (Phi) is 9.08. The number of hydrogen-bond acceptors (Lipinski definition) is 0. The molecule has 0 saturated carbocycles. The van der Waals surface area contributed by atoms with Crippen LogP contribution >= 0.6 is 11.6 Å². The third-order valence-corrected chi connectivity index (χ3v) is 3.65. The van der Waals surface area contributed by atoms with E-state index in [2.05, 4.69) is 19.9 Å². The van der Waals surface area contributed by atoms with Crippen LogP contribution in [-0.2, 0) is 0 Å². The van der Waals surface area contributed by atoms with Gasteiger partial charge in [-0.15, -0.1) is 0 Å². The average Bonchev–Trinajstić information content (AvgIpc) is 1.99. The zero-order valence-corrected chi connectivity index (χ0v) is 9.87. The van der Waals surface area contributed by atoms with E-state index in [0.717, 1.165) is 3.93 Å². The van der Waals surface area contributed by atoms with E-state index in [-0.39, 0.29) is 0 Å². The van der Waals surface area contributed by atoms with Crippen molar-refractivity contribution < 1.29 is 0 Å². The number of allylic oxidation sites excluding steroid dienone is 1. The molecule has 0 saturated heterocycles. The summed E-state index contributed by atoms with van der Waals surface area (Å²) in [6.45, 7) is 4.41. The van der Waals surface area contributed by atoms with Crippen molar-refractivity contribution in [1.82, 2.24) is 0 Å². The van der Waals surface area contributed by atoms with Crippen molar-refractivity contribution in [3.05, 3.63) is 10.0 Å². The molecular weight excluding hydrogens is 223 g/mol. The topological polar surface area (TPSA) is 0 Å². The maximum absolute atomic E-state index is 5.95. The molecule has 0 aromatic carbocycles. The standard InChI is InChI=1S/C9H17ClSe/c1-3-5-6-7-8-9(10)11-4-2/h8H,3-7H2,1-2H3/b9-8+. The summed E-state index contributed by atoms with van der Waals surface area (Å²) in [5, 5.41) is 1.22. The molecule has 0 aliphatic carbocycles. The Balaban J connectivity index is 3.24. The SMILES string of the molecule is CCCCC/C=C(\Cl)[Se]CC. The third-order valence-electron chi connectivity index (χ3n) is 1.39. The van der Waals surface area contributed by atoms with Crippen LogP contribution in [0.5, 0.6) is 0 Å². The van der Waals surface area contributed by atoms with Crippen LogP contribution in [-0.4, -0.2) is 15.0 Å². The molecule has 0 amide bonds. The van der Waals surface area contributed by atoms with Crippen LogP contribution in [0.15, 0.2) is 10.0 Å². The van der Waals surface area contributed by atoms with Crippen molar-refractivity contribution in [2.45, 2.75) is 44.9 Å². The molecule has 0 heterocycles. The molecule has 0 unspecified atom stereocenters. The predicted molar refractivity (Wildman–Crippen MR) is 54.3 cm³/mol. The van der Waals surface area contributed by atoms with Crippen molar-refractivity contribution in [3.63, 3.8) is 0 Å². The first-order valence-corrected chi connectivity index (χ1v) is 6.74. The average molecular weight is 240 g/mol. The molecule has 0 aliphatic rings. The minimum atomic E-state index is 0.549. The molecule has 0 aromatic rings. The Bertz CT molecular complexity index is 110. The van der Waals surface area contributed by atoms with Crippen LogP contribution in [0.1, 0.15) is 39.5 Å². The molecule has 0 fully saturated rings. The molecule has 0 bridgehead atoms. The molecule has 2 heteroatoms. The van der Waals surface area contributed by atoms with Gasteiger partial charge in [0.15, 0.2) is 0 Å². The van der Waals surface area contributed by atoms with E-state index in [0.29, 0.717) is 15.0 Å². The Morgan fingerprint density at radius 2 is 2.09 bits per heavy atom. The Morgan fingerprint density at radius 1 is 1.36 bits per heavy atom. The van der Waals surface area contributed by atoms with E-state index in [1.54, 1.807) is 0 Å². The monoisotopic (exact) mass is 240 g/mol. The fourth-order valence-corrected chi connectivity index (χ4v) is 2.56. The predicted octanol–water partition coefficient (Wildman–Crippen LogP) is 3.79. The Morgan fingerprint density at radius 3 is 2.64 bits per heavy atom. The van der Waals surface area contributed by atoms with Crippen molar-refractivity contribution in [2.24, 2.45) is 0 Å². The fourth-order valence-electron chi connectivity index (χ4n) is 0.807. The summed E-state index contributed by atoms with van der Waals surface area (Å²) in [5.74, 6) is 0. The van der Waals surface area contributed by atoms with E-state index >= 15 is 0 Å². The number of rotatable bonds is 6. The van der Waals surface area contributed by atoms with Crippen molar-refractivity contribution in [1.29, 1.82) is 0 Å². The quantitative estimate of drug-likeness (QED) is 0.489. The number of hydrogen-bond donors (Lipinski definition) is 0. The first kappa shape index (κ1) is 11.5. The van der Waals surface area contributed by atoms with Crippen LogP contribution < -0.4 is 0 Å². The van der Waals surface area contributed by atoms with Gasteiger partial charge in [0.2, 0.25) is 0 Å². The van der Waals surface area contributed by atoms with Gasteiger partial charge in [0.05, 0.1) is 0 Å². The summed E-state index contributed by atoms with van der Waals surface area (Å²) >= 11 is 6.50. The van der Waals surface area contributed by atoms with Crippen molar-refractivity contribution >= 4 is 26.6 Å². The molecular formula is C9H17ClSe. The zero-order valence-electron chi connectivity index (χ0n) is 7.40. The molecule has 0 nitrogen and oxygen atoms in total. The van der Waals surface area contributed by atoms with Gasteiger partial charge in [0, 0.05) is 0 Å². The molecule has 0 spiro atoms.